The largest absolute Gasteiger partial charge is 0.474 e. The molecular weight excluding hydrogens is 458 g/mol. The minimum atomic E-state index is -0.232. The van der Waals surface area contributed by atoms with E-state index in [-0.39, 0.29) is 29.8 Å². The predicted molar refractivity (Wildman–Crippen MR) is 116 cm³/mol. The second-order valence-electron chi connectivity index (χ2n) is 6.43. The van der Waals surface area contributed by atoms with E-state index in [4.69, 9.17) is 4.74 Å². The summed E-state index contributed by atoms with van der Waals surface area (Å²) in [4.78, 5) is 8.52. The molecule has 0 unspecified atom stereocenters. The van der Waals surface area contributed by atoms with Crippen LogP contribution in [0.25, 0.3) is 0 Å². The highest BCUT2D eigenvalue weighted by Gasteiger charge is 2.17. The third kappa shape index (κ3) is 6.97. The number of hydrogen-bond acceptors (Lipinski definition) is 3. The molecule has 7 heteroatoms. The molecule has 0 amide bonds. The number of aromatic nitrogens is 1. The Balaban J connectivity index is 0.00000261. The normalized spacial score (nSPS) is 14.5. The Morgan fingerprint density at radius 1 is 1.11 bits per heavy atom. The molecule has 0 spiro atoms. The molecule has 1 heterocycles. The number of rotatable bonds is 6. The van der Waals surface area contributed by atoms with E-state index >= 15 is 0 Å². The van der Waals surface area contributed by atoms with Gasteiger partial charge in [0.2, 0.25) is 5.88 Å². The van der Waals surface area contributed by atoms with Gasteiger partial charge in [0.05, 0.1) is 0 Å². The van der Waals surface area contributed by atoms with Crippen molar-refractivity contribution >= 4 is 29.9 Å². The second-order valence-corrected chi connectivity index (χ2v) is 6.43. The number of nitrogens with zero attached hydrogens (tertiary/aromatic N) is 2. The van der Waals surface area contributed by atoms with E-state index in [0.717, 1.165) is 24.0 Å². The van der Waals surface area contributed by atoms with Crippen molar-refractivity contribution in [3.8, 4) is 5.88 Å². The fraction of sp³-hybridized carbons (Fsp3) is 0.400. The maximum absolute atomic E-state index is 12.9. The molecule has 27 heavy (non-hydrogen) atoms. The summed E-state index contributed by atoms with van der Waals surface area (Å²) < 4.78 is 18.9. The zero-order valence-electron chi connectivity index (χ0n) is 15.5. The van der Waals surface area contributed by atoms with Gasteiger partial charge in [0.15, 0.2) is 5.96 Å². The Hall–Kier alpha value is -1.90. The molecule has 0 bridgehead atoms. The molecule has 5 nitrogen and oxygen atoms in total. The van der Waals surface area contributed by atoms with E-state index in [1.807, 2.05) is 12.1 Å². The van der Waals surface area contributed by atoms with Crippen LogP contribution < -0.4 is 15.4 Å². The minimum absolute atomic E-state index is 0. The Labute approximate surface area is 176 Å². The van der Waals surface area contributed by atoms with Crippen LogP contribution in [0.1, 0.15) is 36.8 Å². The van der Waals surface area contributed by atoms with Crippen molar-refractivity contribution in [1.29, 1.82) is 0 Å². The molecule has 0 saturated heterocycles. The quantitative estimate of drug-likeness (QED) is 0.370. The van der Waals surface area contributed by atoms with E-state index in [9.17, 15) is 4.39 Å². The first-order chi connectivity index (χ1) is 12.7. The summed E-state index contributed by atoms with van der Waals surface area (Å²) >= 11 is 0. The number of hydrogen-bond donors (Lipinski definition) is 2. The van der Waals surface area contributed by atoms with Crippen LogP contribution in [0.15, 0.2) is 47.6 Å². The van der Waals surface area contributed by atoms with Gasteiger partial charge in [-0.15, -0.1) is 24.0 Å². The van der Waals surface area contributed by atoms with E-state index in [1.165, 1.54) is 25.0 Å². The van der Waals surface area contributed by atoms with Crippen LogP contribution >= 0.6 is 24.0 Å². The summed E-state index contributed by atoms with van der Waals surface area (Å²) in [6, 6.07) is 10.3. The molecule has 1 aromatic heterocycles. The molecule has 2 N–H and O–H groups in total. The Morgan fingerprint density at radius 2 is 1.78 bits per heavy atom. The lowest BCUT2D eigenvalue weighted by atomic mass is 10.2. The van der Waals surface area contributed by atoms with E-state index in [2.05, 4.69) is 20.6 Å². The minimum Gasteiger partial charge on any atom is -0.474 e. The molecular formula is C20H26FIN4O. The Morgan fingerprint density at radius 3 is 2.44 bits per heavy atom. The summed E-state index contributed by atoms with van der Waals surface area (Å²) in [7, 11) is 1.72. The standard InChI is InChI=1S/C20H25FN4O.HI/c1-22-20(24-13-15-6-8-17(21)9-7-15)25-14-16-10-11-23-19(12-16)26-18-4-2-3-5-18;/h6-12,18H,2-5,13-14H2,1H3,(H2,22,24,25);1H. The topological polar surface area (TPSA) is 58.5 Å². The molecule has 0 aliphatic heterocycles. The van der Waals surface area contributed by atoms with Crippen LogP contribution in [0.2, 0.25) is 0 Å². The lowest BCUT2D eigenvalue weighted by molar-refractivity contribution is 0.201. The smallest absolute Gasteiger partial charge is 0.213 e. The van der Waals surface area contributed by atoms with Gasteiger partial charge < -0.3 is 15.4 Å². The van der Waals surface area contributed by atoms with Crippen molar-refractivity contribution in [2.75, 3.05) is 7.05 Å². The zero-order valence-corrected chi connectivity index (χ0v) is 17.8. The molecule has 1 saturated carbocycles. The van der Waals surface area contributed by atoms with Crippen LogP contribution in [0, 0.1) is 5.82 Å². The highest BCUT2D eigenvalue weighted by Crippen LogP contribution is 2.23. The number of nitrogens with one attached hydrogen (secondary N) is 2. The molecule has 146 valence electrons. The summed E-state index contributed by atoms with van der Waals surface area (Å²) in [5, 5.41) is 6.49. The van der Waals surface area contributed by atoms with Crippen LogP contribution in [0.3, 0.4) is 0 Å². The number of guanidine groups is 1. The molecule has 0 atom stereocenters. The second kappa shape index (κ2) is 11.1. The van der Waals surface area contributed by atoms with E-state index in [0.29, 0.717) is 31.0 Å². The molecule has 2 aromatic rings. The zero-order chi connectivity index (χ0) is 18.2. The van der Waals surface area contributed by atoms with E-state index in [1.54, 1.807) is 25.4 Å². The summed E-state index contributed by atoms with van der Waals surface area (Å²) in [6.07, 6.45) is 6.78. The Kier molecular flexibility index (Phi) is 8.77. The molecule has 1 aliphatic carbocycles. The van der Waals surface area contributed by atoms with Crippen molar-refractivity contribution in [2.24, 2.45) is 4.99 Å². The molecule has 1 aromatic carbocycles. The lowest BCUT2D eigenvalue weighted by Crippen LogP contribution is -2.36. The van der Waals surface area contributed by atoms with Gasteiger partial charge in [-0.3, -0.25) is 4.99 Å². The fourth-order valence-corrected chi connectivity index (χ4v) is 3.00. The van der Waals surface area contributed by atoms with Crippen molar-refractivity contribution in [3.05, 3.63) is 59.5 Å². The first-order valence-electron chi connectivity index (χ1n) is 9.03. The fourth-order valence-electron chi connectivity index (χ4n) is 3.00. The van der Waals surface area contributed by atoms with Gasteiger partial charge in [0.25, 0.3) is 0 Å². The van der Waals surface area contributed by atoms with Gasteiger partial charge in [-0.1, -0.05) is 12.1 Å². The summed E-state index contributed by atoms with van der Waals surface area (Å²) in [5.74, 6) is 1.14. The first-order valence-corrected chi connectivity index (χ1v) is 9.03. The number of halogens is 2. The predicted octanol–water partition coefficient (Wildman–Crippen LogP) is 4.03. The van der Waals surface area contributed by atoms with Crippen LogP contribution in [-0.4, -0.2) is 24.1 Å². The Bertz CT molecular complexity index is 733. The van der Waals surface area contributed by atoms with Gasteiger partial charge in [-0.25, -0.2) is 9.37 Å². The number of ether oxygens (including phenoxy) is 1. The van der Waals surface area contributed by atoms with Crippen LogP contribution in [0.5, 0.6) is 5.88 Å². The van der Waals surface area contributed by atoms with Crippen LogP contribution in [-0.2, 0) is 13.1 Å². The summed E-state index contributed by atoms with van der Waals surface area (Å²) in [6.45, 7) is 1.19. The lowest BCUT2D eigenvalue weighted by Gasteiger charge is -2.14. The maximum atomic E-state index is 12.9. The molecule has 1 aliphatic rings. The first kappa shape index (κ1) is 21.4. The maximum Gasteiger partial charge on any atom is 0.213 e. The third-order valence-corrected chi connectivity index (χ3v) is 4.45. The monoisotopic (exact) mass is 484 g/mol. The number of pyridine rings is 1. The average Bonchev–Trinajstić information content (AvgIpc) is 3.16. The van der Waals surface area contributed by atoms with Gasteiger partial charge in [0, 0.05) is 32.4 Å². The number of benzene rings is 1. The highest BCUT2D eigenvalue weighted by atomic mass is 127. The van der Waals surface area contributed by atoms with Crippen molar-refractivity contribution in [3.63, 3.8) is 0 Å². The van der Waals surface area contributed by atoms with Crippen molar-refractivity contribution in [1.82, 2.24) is 15.6 Å². The van der Waals surface area contributed by atoms with Crippen molar-refractivity contribution in [2.45, 2.75) is 44.9 Å². The van der Waals surface area contributed by atoms with Gasteiger partial charge in [-0.2, -0.15) is 0 Å². The highest BCUT2D eigenvalue weighted by molar-refractivity contribution is 14.0. The molecule has 3 rings (SSSR count). The van der Waals surface area contributed by atoms with Gasteiger partial charge in [0.1, 0.15) is 11.9 Å². The SMILES string of the molecule is CN=C(NCc1ccc(F)cc1)NCc1ccnc(OC2CCCC2)c1.I. The molecule has 0 radical (unpaired) electrons. The van der Waals surface area contributed by atoms with Gasteiger partial charge >= 0.3 is 0 Å². The number of aliphatic imine (C=N–C) groups is 1. The van der Waals surface area contributed by atoms with Gasteiger partial charge in [-0.05, 0) is 55.0 Å². The van der Waals surface area contributed by atoms with E-state index < -0.39 is 0 Å². The average molecular weight is 484 g/mol. The third-order valence-electron chi connectivity index (χ3n) is 4.45. The molecule has 1 fully saturated rings. The summed E-state index contributed by atoms with van der Waals surface area (Å²) in [5.41, 5.74) is 2.07. The van der Waals surface area contributed by atoms with Crippen LogP contribution in [0.4, 0.5) is 4.39 Å². The van der Waals surface area contributed by atoms with Crippen molar-refractivity contribution < 1.29 is 9.13 Å².